The van der Waals surface area contributed by atoms with Gasteiger partial charge in [-0.2, -0.15) is 0 Å². The average molecular weight is 285 g/mol. The van der Waals surface area contributed by atoms with Gasteiger partial charge in [-0.1, -0.05) is 48.5 Å². The first-order chi connectivity index (χ1) is 9.66. The predicted octanol–water partition coefficient (Wildman–Crippen LogP) is 5.62. The van der Waals surface area contributed by atoms with Crippen LogP contribution in [0.3, 0.4) is 0 Å². The molecule has 2 heteroatoms. The van der Waals surface area contributed by atoms with E-state index in [-0.39, 0.29) is 11.2 Å². The normalized spacial score (nSPS) is 12.6. The highest BCUT2D eigenvalue weighted by Crippen LogP contribution is 2.35. The van der Waals surface area contributed by atoms with E-state index in [1.54, 1.807) is 6.07 Å². The summed E-state index contributed by atoms with van der Waals surface area (Å²) in [5.41, 5.74) is 2.88. The Hall–Kier alpha value is -1.86. The van der Waals surface area contributed by atoms with E-state index in [2.05, 4.69) is 18.2 Å². The highest BCUT2D eigenvalue weighted by atomic mass is 35.5. The molecule has 0 aliphatic heterocycles. The van der Waals surface area contributed by atoms with Crippen LogP contribution < -0.4 is 0 Å². The number of fused-ring (bicyclic) bond motifs is 1. The molecule has 1 atom stereocenters. The number of aryl methyl sites for hydroxylation is 1. The Morgan fingerprint density at radius 2 is 1.65 bits per heavy atom. The van der Waals surface area contributed by atoms with Crippen molar-refractivity contribution in [2.75, 3.05) is 0 Å². The van der Waals surface area contributed by atoms with Gasteiger partial charge in [-0.25, -0.2) is 4.39 Å². The SMILES string of the molecule is Cc1cc(F)ccc1C(Cl)c1cccc2ccccc12. The first-order valence-electron chi connectivity index (χ1n) is 6.54. The standard InChI is InChI=1S/C18H14ClF/c1-12-11-14(20)9-10-15(12)18(19)17-8-4-6-13-5-2-3-7-16(13)17/h2-11,18H,1H3. The highest BCUT2D eigenvalue weighted by molar-refractivity contribution is 6.23. The van der Waals surface area contributed by atoms with E-state index in [1.165, 1.54) is 12.1 Å². The van der Waals surface area contributed by atoms with Crippen molar-refractivity contribution in [3.8, 4) is 0 Å². The van der Waals surface area contributed by atoms with E-state index in [1.807, 2.05) is 31.2 Å². The van der Waals surface area contributed by atoms with Crippen molar-refractivity contribution in [3.05, 3.63) is 83.2 Å². The molecule has 0 saturated heterocycles. The maximum atomic E-state index is 13.2. The first kappa shape index (κ1) is 13.1. The lowest BCUT2D eigenvalue weighted by Gasteiger charge is -2.15. The third-order valence-electron chi connectivity index (χ3n) is 3.60. The van der Waals surface area contributed by atoms with Gasteiger partial charge >= 0.3 is 0 Å². The molecule has 0 fully saturated rings. The summed E-state index contributed by atoms with van der Waals surface area (Å²) in [6.07, 6.45) is 0. The van der Waals surface area contributed by atoms with Crippen LogP contribution in [-0.2, 0) is 0 Å². The molecule has 20 heavy (non-hydrogen) atoms. The van der Waals surface area contributed by atoms with Crippen molar-refractivity contribution in [1.82, 2.24) is 0 Å². The van der Waals surface area contributed by atoms with Crippen LogP contribution in [0.1, 0.15) is 22.1 Å². The lowest BCUT2D eigenvalue weighted by molar-refractivity contribution is 0.625. The van der Waals surface area contributed by atoms with Gasteiger partial charge in [0.2, 0.25) is 0 Å². The molecule has 0 saturated carbocycles. The molecule has 1 unspecified atom stereocenters. The lowest BCUT2D eigenvalue weighted by atomic mass is 9.95. The molecule has 0 aliphatic rings. The summed E-state index contributed by atoms with van der Waals surface area (Å²) >= 11 is 6.65. The molecule has 100 valence electrons. The van der Waals surface area contributed by atoms with Crippen molar-refractivity contribution >= 4 is 22.4 Å². The molecule has 3 rings (SSSR count). The summed E-state index contributed by atoms with van der Waals surface area (Å²) in [4.78, 5) is 0. The molecule has 0 radical (unpaired) electrons. The third kappa shape index (κ3) is 2.30. The average Bonchev–Trinajstić information content (AvgIpc) is 2.46. The fourth-order valence-electron chi connectivity index (χ4n) is 2.56. The Labute approximate surface area is 122 Å². The largest absolute Gasteiger partial charge is 0.207 e. The number of hydrogen-bond acceptors (Lipinski definition) is 0. The molecule has 3 aromatic carbocycles. The summed E-state index contributed by atoms with van der Waals surface area (Å²) in [5.74, 6) is -0.229. The Morgan fingerprint density at radius 3 is 2.45 bits per heavy atom. The summed E-state index contributed by atoms with van der Waals surface area (Å²) in [6, 6.07) is 19.0. The minimum absolute atomic E-state index is 0.229. The van der Waals surface area contributed by atoms with Crippen molar-refractivity contribution in [3.63, 3.8) is 0 Å². The molecule has 0 bridgehead atoms. The molecule has 0 amide bonds. The first-order valence-corrected chi connectivity index (χ1v) is 6.98. The molecule has 0 aliphatic carbocycles. The van der Waals surface area contributed by atoms with Crippen LogP contribution in [-0.4, -0.2) is 0 Å². The summed E-state index contributed by atoms with van der Waals surface area (Å²) < 4.78 is 13.2. The molecular weight excluding hydrogens is 271 g/mol. The van der Waals surface area contributed by atoms with E-state index in [9.17, 15) is 4.39 Å². The minimum Gasteiger partial charge on any atom is -0.207 e. The van der Waals surface area contributed by atoms with Gasteiger partial charge in [0.25, 0.3) is 0 Å². The van der Waals surface area contributed by atoms with Crippen LogP contribution in [0.4, 0.5) is 4.39 Å². The molecule has 0 nitrogen and oxygen atoms in total. The van der Waals surface area contributed by atoms with E-state index in [4.69, 9.17) is 11.6 Å². The van der Waals surface area contributed by atoms with Crippen LogP contribution in [0.5, 0.6) is 0 Å². The zero-order valence-corrected chi connectivity index (χ0v) is 11.9. The van der Waals surface area contributed by atoms with E-state index >= 15 is 0 Å². The topological polar surface area (TPSA) is 0 Å². The summed E-state index contributed by atoms with van der Waals surface area (Å²) in [6.45, 7) is 1.89. The molecule has 0 N–H and O–H groups in total. The van der Waals surface area contributed by atoms with Gasteiger partial charge in [0.15, 0.2) is 0 Å². The van der Waals surface area contributed by atoms with E-state index in [0.29, 0.717) is 0 Å². The number of benzene rings is 3. The Morgan fingerprint density at radius 1 is 0.900 bits per heavy atom. The van der Waals surface area contributed by atoms with Crippen LogP contribution >= 0.6 is 11.6 Å². The lowest BCUT2D eigenvalue weighted by Crippen LogP contribution is -1.98. The number of rotatable bonds is 2. The molecule has 0 aromatic heterocycles. The zero-order chi connectivity index (χ0) is 14.1. The van der Waals surface area contributed by atoms with Gasteiger partial charge in [-0.15, -0.1) is 11.6 Å². The minimum atomic E-state index is -0.276. The van der Waals surface area contributed by atoms with Gasteiger partial charge in [-0.3, -0.25) is 0 Å². The van der Waals surface area contributed by atoms with Crippen LogP contribution in [0.25, 0.3) is 10.8 Å². The number of halogens is 2. The van der Waals surface area contributed by atoms with Gasteiger partial charge in [0.1, 0.15) is 5.82 Å². The fourth-order valence-corrected chi connectivity index (χ4v) is 3.00. The highest BCUT2D eigenvalue weighted by Gasteiger charge is 2.15. The van der Waals surface area contributed by atoms with Crippen LogP contribution in [0.2, 0.25) is 0 Å². The summed E-state index contributed by atoms with van der Waals surface area (Å²) in [7, 11) is 0. The zero-order valence-electron chi connectivity index (χ0n) is 11.1. The number of alkyl halides is 1. The molecule has 3 aromatic rings. The predicted molar refractivity (Wildman–Crippen MR) is 82.8 cm³/mol. The molecular formula is C18H14ClF. The second-order valence-electron chi connectivity index (χ2n) is 4.93. The Balaban J connectivity index is 2.15. The fraction of sp³-hybridized carbons (Fsp3) is 0.111. The second-order valence-corrected chi connectivity index (χ2v) is 5.37. The molecule has 0 heterocycles. The smallest absolute Gasteiger partial charge is 0.123 e. The van der Waals surface area contributed by atoms with Crippen LogP contribution in [0, 0.1) is 12.7 Å². The van der Waals surface area contributed by atoms with Gasteiger partial charge < -0.3 is 0 Å². The number of hydrogen-bond donors (Lipinski definition) is 0. The second kappa shape index (κ2) is 5.26. The molecule has 0 spiro atoms. The van der Waals surface area contributed by atoms with Gasteiger partial charge in [0, 0.05) is 0 Å². The van der Waals surface area contributed by atoms with Crippen molar-refractivity contribution in [2.24, 2.45) is 0 Å². The van der Waals surface area contributed by atoms with E-state index < -0.39 is 0 Å². The van der Waals surface area contributed by atoms with E-state index in [0.717, 1.165) is 27.5 Å². The quantitative estimate of drug-likeness (QED) is 0.536. The van der Waals surface area contributed by atoms with Gasteiger partial charge in [-0.05, 0) is 46.5 Å². The monoisotopic (exact) mass is 284 g/mol. The van der Waals surface area contributed by atoms with Crippen molar-refractivity contribution in [2.45, 2.75) is 12.3 Å². The van der Waals surface area contributed by atoms with Crippen molar-refractivity contribution < 1.29 is 4.39 Å². The maximum absolute atomic E-state index is 13.2. The van der Waals surface area contributed by atoms with Crippen LogP contribution in [0.15, 0.2) is 60.7 Å². The Bertz CT molecular complexity index is 759. The van der Waals surface area contributed by atoms with Crippen molar-refractivity contribution in [1.29, 1.82) is 0 Å². The van der Waals surface area contributed by atoms with Gasteiger partial charge in [0.05, 0.1) is 5.38 Å². The maximum Gasteiger partial charge on any atom is 0.123 e. The third-order valence-corrected chi connectivity index (χ3v) is 4.07. The Kier molecular flexibility index (Phi) is 3.45. The summed E-state index contributed by atoms with van der Waals surface area (Å²) in [5, 5.41) is 2.02.